The van der Waals surface area contributed by atoms with Gasteiger partial charge in [0.15, 0.2) is 6.10 Å². The van der Waals surface area contributed by atoms with Crippen LogP contribution in [0.2, 0.25) is 0 Å². The van der Waals surface area contributed by atoms with Crippen LogP contribution in [-0.4, -0.2) is 23.1 Å². The van der Waals surface area contributed by atoms with Crippen molar-refractivity contribution in [1.29, 1.82) is 0 Å². The van der Waals surface area contributed by atoms with Crippen LogP contribution in [0.1, 0.15) is 42.9 Å². The summed E-state index contributed by atoms with van der Waals surface area (Å²) in [6.07, 6.45) is -1.36. The third kappa shape index (κ3) is 3.72. The number of carboxylic acids is 1. The molecule has 3 rings (SSSR count). The number of hydrogen-bond acceptors (Lipinski definition) is 3. The Morgan fingerprint density at radius 1 is 1.19 bits per heavy atom. The number of ether oxygens (including phenoxy) is 1. The Bertz CT molecular complexity index is 826. The molecule has 2 aromatic rings. The van der Waals surface area contributed by atoms with Crippen LogP contribution in [0.3, 0.4) is 0 Å². The molecule has 136 valence electrons. The van der Waals surface area contributed by atoms with Gasteiger partial charge >= 0.3 is 5.97 Å². The third-order valence-corrected chi connectivity index (χ3v) is 4.56. The molecule has 0 fully saturated rings. The molecule has 0 aliphatic carbocycles. The van der Waals surface area contributed by atoms with E-state index in [9.17, 15) is 9.59 Å². The number of carboxylic acid groups (broad SMARTS) is 1. The van der Waals surface area contributed by atoms with Gasteiger partial charge in [-0.1, -0.05) is 44.2 Å². The Balaban J connectivity index is 1.92. The van der Waals surface area contributed by atoms with Crippen molar-refractivity contribution in [2.75, 3.05) is 4.90 Å². The number of aliphatic carboxylic acids is 1. The lowest BCUT2D eigenvalue weighted by atomic mass is 10.0. The number of aryl methyl sites for hydroxylation is 1. The summed E-state index contributed by atoms with van der Waals surface area (Å²) in [4.78, 5) is 25.6. The molecule has 1 N–H and O–H groups in total. The van der Waals surface area contributed by atoms with Crippen molar-refractivity contribution < 1.29 is 19.4 Å². The Labute approximate surface area is 153 Å². The van der Waals surface area contributed by atoms with Gasteiger partial charge in [0, 0.05) is 0 Å². The number of anilines is 1. The molecule has 0 bridgehead atoms. The van der Waals surface area contributed by atoms with E-state index >= 15 is 0 Å². The molecule has 26 heavy (non-hydrogen) atoms. The summed E-state index contributed by atoms with van der Waals surface area (Å²) in [5, 5.41) is 9.09. The summed E-state index contributed by atoms with van der Waals surface area (Å²) in [6, 6.07) is 13.8. The Morgan fingerprint density at radius 3 is 2.50 bits per heavy atom. The average molecular weight is 353 g/mol. The molecule has 1 unspecified atom stereocenters. The maximum absolute atomic E-state index is 12.8. The summed E-state index contributed by atoms with van der Waals surface area (Å²) in [5.74, 6) is -0.384. The van der Waals surface area contributed by atoms with Crippen LogP contribution in [0.25, 0.3) is 0 Å². The van der Waals surface area contributed by atoms with Gasteiger partial charge in [-0.05, 0) is 41.7 Å². The standard InChI is InChI=1S/C21H23NO4/c1-13(2)16-7-5-15(6-8-16)12-22-17-9-4-14(3)10-18(17)26-19(21(22)25)11-20(23)24/h4-10,13,19H,11-12H2,1-3H3,(H,23,24). The van der Waals surface area contributed by atoms with E-state index in [0.717, 1.165) is 11.1 Å². The molecule has 0 saturated carbocycles. The van der Waals surface area contributed by atoms with Gasteiger partial charge < -0.3 is 14.7 Å². The minimum atomic E-state index is -1.05. The topological polar surface area (TPSA) is 66.8 Å². The largest absolute Gasteiger partial charge is 0.481 e. The number of fused-ring (bicyclic) bond motifs is 1. The molecule has 5 nitrogen and oxygen atoms in total. The fraction of sp³-hybridized carbons (Fsp3) is 0.333. The quantitative estimate of drug-likeness (QED) is 0.886. The molecule has 0 radical (unpaired) electrons. The van der Waals surface area contributed by atoms with Crippen LogP contribution in [0.15, 0.2) is 42.5 Å². The Kier molecular flexibility index (Phi) is 4.98. The van der Waals surface area contributed by atoms with Crippen LogP contribution in [-0.2, 0) is 16.1 Å². The van der Waals surface area contributed by atoms with Gasteiger partial charge in [0.05, 0.1) is 18.7 Å². The fourth-order valence-corrected chi connectivity index (χ4v) is 3.08. The molecular formula is C21H23NO4. The molecule has 1 aliphatic heterocycles. The number of nitrogens with zero attached hydrogens (tertiary/aromatic N) is 1. The molecule has 1 amide bonds. The molecule has 0 saturated heterocycles. The van der Waals surface area contributed by atoms with Gasteiger partial charge in [-0.25, -0.2) is 0 Å². The van der Waals surface area contributed by atoms with Crippen LogP contribution in [0.4, 0.5) is 5.69 Å². The van der Waals surface area contributed by atoms with Gasteiger partial charge in [-0.15, -0.1) is 0 Å². The number of rotatable bonds is 5. The first kappa shape index (κ1) is 18.0. The highest BCUT2D eigenvalue weighted by Crippen LogP contribution is 2.36. The van der Waals surface area contributed by atoms with Gasteiger partial charge in [0.1, 0.15) is 5.75 Å². The number of carbonyl (C=O) groups excluding carboxylic acids is 1. The van der Waals surface area contributed by atoms with Crippen molar-refractivity contribution >= 4 is 17.6 Å². The van der Waals surface area contributed by atoms with Crippen LogP contribution >= 0.6 is 0 Å². The van der Waals surface area contributed by atoms with Crippen molar-refractivity contribution in [3.63, 3.8) is 0 Å². The summed E-state index contributed by atoms with van der Waals surface area (Å²) < 4.78 is 5.68. The van der Waals surface area contributed by atoms with Crippen LogP contribution in [0.5, 0.6) is 5.75 Å². The van der Waals surface area contributed by atoms with Crippen molar-refractivity contribution in [1.82, 2.24) is 0 Å². The maximum Gasteiger partial charge on any atom is 0.307 e. The van der Waals surface area contributed by atoms with E-state index in [1.165, 1.54) is 5.56 Å². The third-order valence-electron chi connectivity index (χ3n) is 4.56. The van der Waals surface area contributed by atoms with E-state index < -0.39 is 12.1 Å². The van der Waals surface area contributed by atoms with Gasteiger partial charge in [-0.2, -0.15) is 0 Å². The first-order valence-corrected chi connectivity index (χ1v) is 8.74. The second kappa shape index (κ2) is 7.20. The summed E-state index contributed by atoms with van der Waals surface area (Å²) in [5.41, 5.74) is 3.90. The summed E-state index contributed by atoms with van der Waals surface area (Å²) >= 11 is 0. The highest BCUT2D eigenvalue weighted by Gasteiger charge is 2.35. The SMILES string of the molecule is Cc1ccc2c(c1)OC(CC(=O)O)C(=O)N2Cc1ccc(C(C)C)cc1. The Morgan fingerprint density at radius 2 is 1.88 bits per heavy atom. The minimum Gasteiger partial charge on any atom is -0.481 e. The smallest absolute Gasteiger partial charge is 0.307 e. The molecule has 2 aromatic carbocycles. The van der Waals surface area contributed by atoms with E-state index in [0.29, 0.717) is 23.9 Å². The van der Waals surface area contributed by atoms with E-state index in [1.807, 2.05) is 37.3 Å². The highest BCUT2D eigenvalue weighted by molar-refractivity contribution is 6.01. The highest BCUT2D eigenvalue weighted by atomic mass is 16.5. The second-order valence-electron chi connectivity index (χ2n) is 7.00. The molecule has 1 heterocycles. The first-order valence-electron chi connectivity index (χ1n) is 8.74. The zero-order valence-corrected chi connectivity index (χ0v) is 15.2. The number of hydrogen-bond donors (Lipinski definition) is 1. The lowest BCUT2D eigenvalue weighted by molar-refractivity contribution is -0.142. The van der Waals surface area contributed by atoms with Gasteiger partial charge in [0.25, 0.3) is 5.91 Å². The van der Waals surface area contributed by atoms with Crippen molar-refractivity contribution in [2.45, 2.75) is 45.8 Å². The molecule has 1 aliphatic rings. The number of amides is 1. The Hall–Kier alpha value is -2.82. The normalized spacial score (nSPS) is 16.4. The zero-order chi connectivity index (χ0) is 18.8. The van der Waals surface area contributed by atoms with Crippen molar-refractivity contribution in [3.05, 3.63) is 59.2 Å². The van der Waals surface area contributed by atoms with Crippen LogP contribution < -0.4 is 9.64 Å². The molecule has 0 spiro atoms. The van der Waals surface area contributed by atoms with E-state index in [4.69, 9.17) is 9.84 Å². The predicted octanol–water partition coefficient (Wildman–Crippen LogP) is 3.89. The van der Waals surface area contributed by atoms with Crippen molar-refractivity contribution in [3.8, 4) is 5.75 Å². The average Bonchev–Trinajstić information content (AvgIpc) is 2.58. The van der Waals surface area contributed by atoms with Gasteiger partial charge in [-0.3, -0.25) is 9.59 Å². The zero-order valence-electron chi connectivity index (χ0n) is 15.2. The van der Waals surface area contributed by atoms with Crippen molar-refractivity contribution in [2.24, 2.45) is 0 Å². The molecule has 5 heteroatoms. The van der Waals surface area contributed by atoms with Crippen LogP contribution in [0, 0.1) is 6.92 Å². The van der Waals surface area contributed by atoms with Gasteiger partial charge in [0.2, 0.25) is 0 Å². The monoisotopic (exact) mass is 353 g/mol. The van der Waals surface area contributed by atoms with E-state index in [2.05, 4.69) is 26.0 Å². The van der Waals surface area contributed by atoms with E-state index in [1.54, 1.807) is 4.90 Å². The fourth-order valence-electron chi connectivity index (χ4n) is 3.08. The maximum atomic E-state index is 12.8. The first-order chi connectivity index (χ1) is 12.3. The minimum absolute atomic E-state index is 0.323. The number of benzene rings is 2. The predicted molar refractivity (Wildman–Crippen MR) is 99.6 cm³/mol. The molecule has 1 atom stereocenters. The molecular weight excluding hydrogens is 330 g/mol. The van der Waals surface area contributed by atoms with E-state index in [-0.39, 0.29) is 12.3 Å². The summed E-state index contributed by atoms with van der Waals surface area (Å²) in [6.45, 7) is 6.58. The second-order valence-corrected chi connectivity index (χ2v) is 7.00. The molecule has 0 aromatic heterocycles. The number of carbonyl (C=O) groups is 2. The summed E-state index contributed by atoms with van der Waals surface area (Å²) in [7, 11) is 0. The lowest BCUT2D eigenvalue weighted by Crippen LogP contribution is -2.46. The lowest BCUT2D eigenvalue weighted by Gasteiger charge is -2.34.